The Morgan fingerprint density at radius 2 is 2.00 bits per heavy atom. The molecule has 2 aromatic rings. The van der Waals surface area contributed by atoms with E-state index in [9.17, 15) is 14.0 Å². The number of carbonyl (C=O) groups is 1. The molecule has 8 nitrogen and oxygen atoms in total. The fourth-order valence-corrected chi connectivity index (χ4v) is 4.56. The maximum atomic E-state index is 14.2. The molecule has 3 aliphatic rings. The molecule has 0 fully saturated rings. The molecule has 9 heteroatoms. The molecule has 176 valence electrons. The third-order valence-corrected chi connectivity index (χ3v) is 6.34. The summed E-state index contributed by atoms with van der Waals surface area (Å²) < 4.78 is 20.8. The minimum absolute atomic E-state index is 0.141. The molecule has 3 heterocycles. The summed E-state index contributed by atoms with van der Waals surface area (Å²) >= 11 is 0. The van der Waals surface area contributed by atoms with Crippen LogP contribution in [0.2, 0.25) is 0 Å². The molecule has 1 aromatic heterocycles. The second-order valence-corrected chi connectivity index (χ2v) is 8.83. The van der Waals surface area contributed by atoms with E-state index in [2.05, 4.69) is 29.7 Å². The van der Waals surface area contributed by atoms with Gasteiger partial charge in [0.05, 0.1) is 5.69 Å². The van der Waals surface area contributed by atoms with Gasteiger partial charge in [0, 0.05) is 25.1 Å². The van der Waals surface area contributed by atoms with Crippen molar-refractivity contribution in [3.63, 3.8) is 0 Å². The molecule has 0 saturated carbocycles. The number of carbonyl (C=O) groups excluding carboxylic acids is 1. The average Bonchev–Trinajstić information content (AvgIpc) is 3.37. The second-order valence-electron chi connectivity index (χ2n) is 8.83. The van der Waals surface area contributed by atoms with E-state index in [0.717, 1.165) is 5.57 Å². The van der Waals surface area contributed by atoms with Gasteiger partial charge in [-0.3, -0.25) is 10.2 Å². The van der Waals surface area contributed by atoms with Crippen molar-refractivity contribution in [1.29, 1.82) is 0 Å². The number of allylic oxidation sites excluding steroid dienone is 3. The van der Waals surface area contributed by atoms with E-state index >= 15 is 0 Å². The first kappa shape index (κ1) is 22.2. The number of ketones is 1. The minimum Gasteiger partial charge on any atom is -0.392 e. The van der Waals surface area contributed by atoms with Crippen molar-refractivity contribution in [1.82, 2.24) is 25.5 Å². The Morgan fingerprint density at radius 3 is 2.76 bits per heavy atom. The van der Waals surface area contributed by atoms with Gasteiger partial charge in [0.2, 0.25) is 5.89 Å². The Balaban J connectivity index is 1.22. The third-order valence-electron chi connectivity index (χ3n) is 6.34. The van der Waals surface area contributed by atoms with Gasteiger partial charge in [-0.15, -0.1) is 5.10 Å². The zero-order valence-corrected chi connectivity index (χ0v) is 19.0. The maximum absolute atomic E-state index is 14.2. The Kier molecular flexibility index (Phi) is 5.66. The van der Waals surface area contributed by atoms with Gasteiger partial charge in [-0.2, -0.15) is 9.07 Å². The number of rotatable bonds is 7. The van der Waals surface area contributed by atoms with Gasteiger partial charge < -0.3 is 9.73 Å². The number of aryl methyl sites for hydroxylation is 1. The van der Waals surface area contributed by atoms with E-state index in [1.807, 2.05) is 35.4 Å². The highest BCUT2D eigenvalue weighted by atomic mass is 19.1. The van der Waals surface area contributed by atoms with Crippen molar-refractivity contribution in [2.45, 2.75) is 38.3 Å². The van der Waals surface area contributed by atoms with Gasteiger partial charge in [-0.25, -0.2) is 9.80 Å². The second kappa shape index (κ2) is 8.66. The average molecular weight is 464 g/mol. The quantitative estimate of drug-likeness (QED) is 0.482. The SMILES string of the molecule is CC(C)c1ccc(-n2nc(CCCNN3CC=C4C(=O)C=CC5=CC=C(F)N[C@]543)oc2=O)cc1. The van der Waals surface area contributed by atoms with Crippen LogP contribution in [0.3, 0.4) is 0 Å². The van der Waals surface area contributed by atoms with Gasteiger partial charge in [-0.1, -0.05) is 44.2 Å². The summed E-state index contributed by atoms with van der Waals surface area (Å²) in [6, 6.07) is 7.68. The van der Waals surface area contributed by atoms with Gasteiger partial charge >= 0.3 is 5.76 Å². The number of aromatic nitrogens is 2. The fourth-order valence-electron chi connectivity index (χ4n) is 4.56. The fraction of sp³-hybridized carbons (Fsp3) is 0.320. The number of hydrazine groups is 1. The van der Waals surface area contributed by atoms with Crippen LogP contribution in [-0.2, 0) is 11.2 Å². The highest BCUT2D eigenvalue weighted by Gasteiger charge is 2.51. The van der Waals surface area contributed by atoms with Crippen LogP contribution >= 0.6 is 0 Å². The van der Waals surface area contributed by atoms with Crippen LogP contribution in [0.1, 0.15) is 37.6 Å². The smallest absolute Gasteiger partial charge is 0.392 e. The summed E-state index contributed by atoms with van der Waals surface area (Å²) in [6.07, 6.45) is 9.13. The van der Waals surface area contributed by atoms with Crippen molar-refractivity contribution < 1.29 is 13.6 Å². The lowest BCUT2D eigenvalue weighted by molar-refractivity contribution is -0.112. The highest BCUT2D eigenvalue weighted by molar-refractivity contribution is 6.09. The number of hydrogen-bond donors (Lipinski definition) is 2. The molecule has 0 bridgehead atoms. The van der Waals surface area contributed by atoms with Gasteiger partial charge in [-0.05, 0) is 47.8 Å². The molecule has 5 rings (SSSR count). The van der Waals surface area contributed by atoms with Crippen molar-refractivity contribution >= 4 is 5.78 Å². The zero-order chi connectivity index (χ0) is 23.9. The summed E-state index contributed by atoms with van der Waals surface area (Å²) in [4.78, 5) is 24.7. The molecule has 2 aliphatic heterocycles. The molecular weight excluding hydrogens is 437 g/mol. The predicted octanol–water partition coefficient (Wildman–Crippen LogP) is 2.80. The molecule has 0 radical (unpaired) electrons. The molecule has 0 amide bonds. The van der Waals surface area contributed by atoms with E-state index in [-0.39, 0.29) is 5.78 Å². The van der Waals surface area contributed by atoms with Gasteiger partial charge in [0.15, 0.2) is 17.4 Å². The Hall–Kier alpha value is -3.56. The molecule has 0 saturated heterocycles. The van der Waals surface area contributed by atoms with Crippen LogP contribution in [0.25, 0.3) is 5.69 Å². The van der Waals surface area contributed by atoms with Crippen LogP contribution in [-0.4, -0.2) is 39.3 Å². The van der Waals surface area contributed by atoms with Crippen LogP contribution in [0.15, 0.2) is 81.0 Å². The molecule has 1 atom stereocenters. The molecular formula is C25H26FN5O3. The summed E-state index contributed by atoms with van der Waals surface area (Å²) in [5, 5.41) is 9.00. The van der Waals surface area contributed by atoms with E-state index in [1.165, 1.54) is 22.4 Å². The molecule has 0 unspecified atom stereocenters. The van der Waals surface area contributed by atoms with E-state index in [0.29, 0.717) is 49.0 Å². The number of benzene rings is 1. The topological polar surface area (TPSA) is 92.4 Å². The predicted molar refractivity (Wildman–Crippen MR) is 125 cm³/mol. The van der Waals surface area contributed by atoms with Crippen molar-refractivity contribution in [2.75, 3.05) is 13.1 Å². The number of halogens is 1. The summed E-state index contributed by atoms with van der Waals surface area (Å²) in [5.41, 5.74) is 5.38. The molecule has 34 heavy (non-hydrogen) atoms. The van der Waals surface area contributed by atoms with Crippen LogP contribution < -0.4 is 16.5 Å². The van der Waals surface area contributed by atoms with Crippen LogP contribution in [0.5, 0.6) is 0 Å². The van der Waals surface area contributed by atoms with Crippen LogP contribution in [0, 0.1) is 0 Å². The molecule has 1 spiro atoms. The lowest BCUT2D eigenvalue weighted by atomic mass is 9.83. The van der Waals surface area contributed by atoms with E-state index in [1.54, 1.807) is 12.2 Å². The van der Waals surface area contributed by atoms with Crippen molar-refractivity contribution in [3.05, 3.63) is 93.7 Å². The maximum Gasteiger partial charge on any atom is 0.441 e. The largest absolute Gasteiger partial charge is 0.441 e. The summed E-state index contributed by atoms with van der Waals surface area (Å²) in [6.45, 7) is 5.18. The number of nitrogens with one attached hydrogen (secondary N) is 2. The number of nitrogens with zero attached hydrogens (tertiary/aromatic N) is 3. The molecule has 2 N–H and O–H groups in total. The molecule has 1 aliphatic carbocycles. The number of hydrogen-bond acceptors (Lipinski definition) is 7. The lowest BCUT2D eigenvalue weighted by Crippen LogP contribution is -2.64. The lowest BCUT2D eigenvalue weighted by Gasteiger charge is -2.44. The zero-order valence-electron chi connectivity index (χ0n) is 19.0. The first-order valence-corrected chi connectivity index (χ1v) is 11.4. The molecule has 1 aromatic carbocycles. The van der Waals surface area contributed by atoms with E-state index < -0.39 is 17.4 Å². The van der Waals surface area contributed by atoms with Crippen molar-refractivity contribution in [3.8, 4) is 5.69 Å². The minimum atomic E-state index is -1.05. The van der Waals surface area contributed by atoms with Crippen molar-refractivity contribution in [2.24, 2.45) is 0 Å². The number of dihydropyridines is 1. The first-order valence-electron chi connectivity index (χ1n) is 11.4. The van der Waals surface area contributed by atoms with Crippen LogP contribution in [0.4, 0.5) is 4.39 Å². The van der Waals surface area contributed by atoms with Gasteiger partial charge in [0.1, 0.15) is 0 Å². The Morgan fingerprint density at radius 1 is 1.21 bits per heavy atom. The summed E-state index contributed by atoms with van der Waals surface area (Å²) in [5.74, 6) is -0.418. The monoisotopic (exact) mass is 463 g/mol. The third kappa shape index (κ3) is 3.76. The summed E-state index contributed by atoms with van der Waals surface area (Å²) in [7, 11) is 0. The van der Waals surface area contributed by atoms with E-state index in [4.69, 9.17) is 4.42 Å². The first-order chi connectivity index (χ1) is 16.4. The normalized spacial score (nSPS) is 21.6. The van der Waals surface area contributed by atoms with Gasteiger partial charge in [0.25, 0.3) is 0 Å². The standard InChI is InChI=1S/C25H26FN5O3/c1-16(2)17-5-9-19(10-6-17)31-24(33)34-23(29-31)4-3-14-27-30-15-13-20-21(32)11-7-18-8-12-22(26)28-25(18,20)30/h5-13,16,27-28H,3-4,14-15H2,1-2H3/t25-/m0/s1. The Bertz CT molecular complexity index is 1300. The highest BCUT2D eigenvalue weighted by Crippen LogP contribution is 2.40. The Labute approximate surface area is 196 Å².